The van der Waals surface area contributed by atoms with Crippen molar-refractivity contribution in [3.63, 3.8) is 0 Å². The SMILES string of the molecule is CN1CC[C@@H](COCc2cccnc2)CC12CN(Cc1cnn(C)c1)C2. The highest BCUT2D eigenvalue weighted by Gasteiger charge is 2.49. The van der Waals surface area contributed by atoms with Gasteiger partial charge in [0, 0.05) is 63.0 Å². The van der Waals surface area contributed by atoms with E-state index in [9.17, 15) is 0 Å². The van der Waals surface area contributed by atoms with E-state index >= 15 is 0 Å². The zero-order valence-electron chi connectivity index (χ0n) is 15.8. The largest absolute Gasteiger partial charge is 0.376 e. The fourth-order valence-corrected chi connectivity index (χ4v) is 4.46. The number of hydrogen-bond acceptors (Lipinski definition) is 5. The number of rotatable bonds is 6. The number of aryl methyl sites for hydroxylation is 1. The Morgan fingerprint density at radius 3 is 2.85 bits per heavy atom. The van der Waals surface area contributed by atoms with Gasteiger partial charge in [0.05, 0.1) is 12.8 Å². The zero-order chi connectivity index (χ0) is 18.0. The smallest absolute Gasteiger partial charge is 0.0731 e. The van der Waals surface area contributed by atoms with E-state index in [0.717, 1.165) is 31.8 Å². The van der Waals surface area contributed by atoms with Crippen LogP contribution in [0.1, 0.15) is 24.0 Å². The van der Waals surface area contributed by atoms with Gasteiger partial charge in [0.1, 0.15) is 0 Å². The Morgan fingerprint density at radius 1 is 1.23 bits per heavy atom. The second-order valence-corrected chi connectivity index (χ2v) is 8.05. The molecule has 140 valence electrons. The first kappa shape index (κ1) is 17.6. The number of ether oxygens (including phenoxy) is 1. The molecule has 6 heteroatoms. The standard InChI is InChI=1S/C20H29N5O/c1-23-7-5-17(13-26-14-18-4-3-6-21-9-18)8-20(23)15-25(16-20)12-19-10-22-24(2)11-19/h3-4,6,9-11,17H,5,7-8,12-16H2,1-2H3/t17-/m1/s1. The molecular formula is C20H29N5O. The lowest BCUT2D eigenvalue weighted by atomic mass is 9.75. The number of nitrogens with zero attached hydrogens (tertiary/aromatic N) is 5. The van der Waals surface area contributed by atoms with Gasteiger partial charge in [-0.15, -0.1) is 0 Å². The molecule has 0 radical (unpaired) electrons. The van der Waals surface area contributed by atoms with Gasteiger partial charge in [-0.3, -0.25) is 19.5 Å². The van der Waals surface area contributed by atoms with Crippen molar-refractivity contribution in [1.29, 1.82) is 0 Å². The van der Waals surface area contributed by atoms with Crippen molar-refractivity contribution >= 4 is 0 Å². The van der Waals surface area contributed by atoms with Crippen molar-refractivity contribution in [2.24, 2.45) is 13.0 Å². The van der Waals surface area contributed by atoms with Crippen LogP contribution in [0, 0.1) is 5.92 Å². The first-order valence-electron chi connectivity index (χ1n) is 9.51. The number of likely N-dealkylation sites (N-methyl/N-ethyl adjacent to an activating group) is 1. The molecule has 0 amide bonds. The van der Waals surface area contributed by atoms with E-state index in [1.165, 1.54) is 24.9 Å². The predicted molar refractivity (Wildman–Crippen MR) is 100 cm³/mol. The molecular weight excluding hydrogens is 326 g/mol. The first-order chi connectivity index (χ1) is 12.6. The van der Waals surface area contributed by atoms with Crippen LogP contribution >= 0.6 is 0 Å². The number of aromatic nitrogens is 3. The van der Waals surface area contributed by atoms with Crippen LogP contribution in [0.15, 0.2) is 36.9 Å². The molecule has 2 saturated heterocycles. The molecule has 4 heterocycles. The maximum absolute atomic E-state index is 6.00. The quantitative estimate of drug-likeness (QED) is 0.792. The van der Waals surface area contributed by atoms with Gasteiger partial charge in [-0.25, -0.2) is 0 Å². The van der Waals surface area contributed by atoms with E-state index < -0.39 is 0 Å². The Balaban J connectivity index is 1.26. The lowest BCUT2D eigenvalue weighted by Crippen LogP contribution is -2.71. The first-order valence-corrected chi connectivity index (χ1v) is 9.51. The topological polar surface area (TPSA) is 46.4 Å². The number of pyridine rings is 1. The van der Waals surface area contributed by atoms with E-state index in [-0.39, 0.29) is 0 Å². The molecule has 0 N–H and O–H groups in total. The molecule has 26 heavy (non-hydrogen) atoms. The molecule has 0 aliphatic carbocycles. The fraction of sp³-hybridized carbons (Fsp3) is 0.600. The summed E-state index contributed by atoms with van der Waals surface area (Å²) in [5.41, 5.74) is 2.79. The van der Waals surface area contributed by atoms with Crippen LogP contribution in [-0.4, -0.2) is 63.4 Å². The molecule has 1 atom stereocenters. The number of piperidine rings is 1. The van der Waals surface area contributed by atoms with E-state index in [4.69, 9.17) is 4.74 Å². The van der Waals surface area contributed by atoms with Crippen LogP contribution in [0.25, 0.3) is 0 Å². The highest BCUT2D eigenvalue weighted by molar-refractivity contribution is 5.11. The minimum Gasteiger partial charge on any atom is -0.376 e. The maximum atomic E-state index is 6.00. The van der Waals surface area contributed by atoms with Gasteiger partial charge in [-0.2, -0.15) is 5.10 Å². The Hall–Kier alpha value is -1.76. The second kappa shape index (κ2) is 7.47. The van der Waals surface area contributed by atoms with Crippen LogP contribution in [0.5, 0.6) is 0 Å². The molecule has 2 aromatic rings. The third-order valence-electron chi connectivity index (χ3n) is 5.90. The van der Waals surface area contributed by atoms with Crippen molar-refractivity contribution in [3.05, 3.63) is 48.0 Å². The van der Waals surface area contributed by atoms with E-state index in [0.29, 0.717) is 18.1 Å². The summed E-state index contributed by atoms with van der Waals surface area (Å²) < 4.78 is 7.88. The summed E-state index contributed by atoms with van der Waals surface area (Å²) in [5.74, 6) is 0.656. The molecule has 0 bridgehead atoms. The summed E-state index contributed by atoms with van der Waals surface area (Å²) in [4.78, 5) is 9.26. The maximum Gasteiger partial charge on any atom is 0.0731 e. The van der Waals surface area contributed by atoms with Crippen molar-refractivity contribution < 1.29 is 4.74 Å². The molecule has 0 unspecified atom stereocenters. The average Bonchev–Trinajstić information content (AvgIpc) is 3.02. The van der Waals surface area contributed by atoms with Crippen LogP contribution < -0.4 is 0 Å². The van der Waals surface area contributed by atoms with Crippen molar-refractivity contribution in [3.8, 4) is 0 Å². The lowest BCUT2D eigenvalue weighted by molar-refractivity contribution is -0.0935. The molecule has 2 aliphatic rings. The Bertz CT molecular complexity index is 710. The fourth-order valence-electron chi connectivity index (χ4n) is 4.46. The van der Waals surface area contributed by atoms with Gasteiger partial charge in [0.15, 0.2) is 0 Å². The molecule has 0 saturated carbocycles. The Kier molecular flexibility index (Phi) is 5.07. The Morgan fingerprint density at radius 2 is 2.12 bits per heavy atom. The summed E-state index contributed by atoms with van der Waals surface area (Å²) >= 11 is 0. The van der Waals surface area contributed by atoms with Gasteiger partial charge in [-0.1, -0.05) is 6.07 Å². The molecule has 4 rings (SSSR count). The number of likely N-dealkylation sites (tertiary alicyclic amines) is 2. The second-order valence-electron chi connectivity index (χ2n) is 8.05. The van der Waals surface area contributed by atoms with E-state index in [1.807, 2.05) is 30.2 Å². The van der Waals surface area contributed by atoms with E-state index in [1.54, 1.807) is 6.20 Å². The highest BCUT2D eigenvalue weighted by atomic mass is 16.5. The highest BCUT2D eigenvalue weighted by Crippen LogP contribution is 2.38. The van der Waals surface area contributed by atoms with Crippen molar-refractivity contribution in [2.75, 3.05) is 33.3 Å². The monoisotopic (exact) mass is 355 g/mol. The van der Waals surface area contributed by atoms with Crippen LogP contribution in [0.4, 0.5) is 0 Å². The third kappa shape index (κ3) is 3.82. The van der Waals surface area contributed by atoms with E-state index in [2.05, 4.69) is 39.2 Å². The van der Waals surface area contributed by atoms with Crippen molar-refractivity contribution in [2.45, 2.75) is 31.5 Å². The van der Waals surface area contributed by atoms with Gasteiger partial charge < -0.3 is 4.74 Å². The van der Waals surface area contributed by atoms with Gasteiger partial charge >= 0.3 is 0 Å². The average molecular weight is 355 g/mol. The molecule has 6 nitrogen and oxygen atoms in total. The van der Waals surface area contributed by atoms with Crippen LogP contribution in [-0.2, 0) is 24.9 Å². The minimum atomic E-state index is 0.336. The van der Waals surface area contributed by atoms with Crippen molar-refractivity contribution in [1.82, 2.24) is 24.6 Å². The Labute approximate surface area is 155 Å². The van der Waals surface area contributed by atoms with Gasteiger partial charge in [0.25, 0.3) is 0 Å². The molecule has 0 aromatic carbocycles. The summed E-state index contributed by atoms with van der Waals surface area (Å²) in [6, 6.07) is 4.04. The summed E-state index contributed by atoms with van der Waals surface area (Å²) in [5, 5.41) is 4.28. The molecule has 1 spiro atoms. The van der Waals surface area contributed by atoms with Crippen LogP contribution in [0.2, 0.25) is 0 Å². The van der Waals surface area contributed by atoms with Gasteiger partial charge in [0.2, 0.25) is 0 Å². The summed E-state index contributed by atoms with van der Waals surface area (Å²) in [7, 11) is 4.26. The molecule has 2 aliphatic heterocycles. The zero-order valence-corrected chi connectivity index (χ0v) is 15.8. The predicted octanol–water partition coefficient (Wildman–Crippen LogP) is 1.93. The molecule has 2 fully saturated rings. The van der Waals surface area contributed by atoms with Gasteiger partial charge in [-0.05, 0) is 44.0 Å². The van der Waals surface area contributed by atoms with Crippen LogP contribution in [0.3, 0.4) is 0 Å². The third-order valence-corrected chi connectivity index (χ3v) is 5.90. The summed E-state index contributed by atoms with van der Waals surface area (Å²) in [6.07, 6.45) is 10.2. The minimum absolute atomic E-state index is 0.336. The normalized spacial score (nSPS) is 23.2. The number of hydrogen-bond donors (Lipinski definition) is 0. The lowest BCUT2D eigenvalue weighted by Gasteiger charge is -2.58. The summed E-state index contributed by atoms with van der Waals surface area (Å²) in [6.45, 7) is 6.00. The molecule has 2 aromatic heterocycles.